The molecule has 3 rings (SSSR count). The molecule has 0 aliphatic rings. The van der Waals surface area contributed by atoms with Gasteiger partial charge in [-0.25, -0.2) is 13.1 Å². The molecule has 0 spiro atoms. The van der Waals surface area contributed by atoms with Crippen molar-refractivity contribution in [2.45, 2.75) is 11.4 Å². The maximum absolute atomic E-state index is 12.2. The van der Waals surface area contributed by atoms with Gasteiger partial charge >= 0.3 is 0 Å². The van der Waals surface area contributed by atoms with Gasteiger partial charge in [0.15, 0.2) is 0 Å². The van der Waals surface area contributed by atoms with Crippen LogP contribution in [0.25, 0.3) is 10.9 Å². The molecule has 0 atom stereocenters. The highest BCUT2D eigenvalue weighted by atomic mass is 32.2. The SMILES string of the molecule is CNS(=O)(=O)c1ccccc1CNc1c(C#N)cnc2ccccc12. The van der Waals surface area contributed by atoms with E-state index in [0.29, 0.717) is 16.8 Å². The van der Waals surface area contributed by atoms with Crippen LogP contribution in [0, 0.1) is 11.3 Å². The number of aromatic nitrogens is 1. The first kappa shape index (κ1) is 16.9. The standard InChI is InChI=1S/C18H16N4O2S/c1-20-25(23,24)17-9-5-2-6-13(17)11-22-18-14(10-19)12-21-16-8-4-3-7-15(16)18/h2-9,12,20H,11H2,1H3,(H,21,22). The smallest absolute Gasteiger partial charge is 0.240 e. The van der Waals surface area contributed by atoms with E-state index in [2.05, 4.69) is 21.1 Å². The van der Waals surface area contributed by atoms with Gasteiger partial charge in [0.2, 0.25) is 10.0 Å². The number of hydrogen-bond donors (Lipinski definition) is 2. The van der Waals surface area contributed by atoms with Crippen molar-refractivity contribution >= 4 is 26.6 Å². The van der Waals surface area contributed by atoms with Gasteiger partial charge in [-0.2, -0.15) is 5.26 Å². The lowest BCUT2D eigenvalue weighted by atomic mass is 10.1. The number of nitrogens with one attached hydrogen (secondary N) is 2. The summed E-state index contributed by atoms with van der Waals surface area (Å²) in [4.78, 5) is 4.48. The minimum atomic E-state index is -3.56. The van der Waals surface area contributed by atoms with Crippen LogP contribution in [0.2, 0.25) is 0 Å². The van der Waals surface area contributed by atoms with Gasteiger partial charge in [-0.1, -0.05) is 36.4 Å². The van der Waals surface area contributed by atoms with Crippen LogP contribution in [0.5, 0.6) is 0 Å². The molecule has 0 aliphatic carbocycles. The van der Waals surface area contributed by atoms with Crippen LogP contribution in [-0.4, -0.2) is 20.4 Å². The molecule has 6 nitrogen and oxygen atoms in total. The van der Waals surface area contributed by atoms with Gasteiger partial charge < -0.3 is 5.32 Å². The van der Waals surface area contributed by atoms with E-state index in [1.165, 1.54) is 13.2 Å². The van der Waals surface area contributed by atoms with Gasteiger partial charge in [0.05, 0.1) is 21.7 Å². The molecule has 0 radical (unpaired) electrons. The summed E-state index contributed by atoms with van der Waals surface area (Å²) in [6, 6.07) is 16.4. The molecule has 0 saturated carbocycles. The lowest BCUT2D eigenvalue weighted by Gasteiger charge is -2.14. The average molecular weight is 352 g/mol. The number of para-hydroxylation sites is 1. The average Bonchev–Trinajstić information content (AvgIpc) is 2.66. The summed E-state index contributed by atoms with van der Waals surface area (Å²) in [6.45, 7) is 0.264. The largest absolute Gasteiger partial charge is 0.379 e. The minimum absolute atomic E-state index is 0.210. The highest BCUT2D eigenvalue weighted by molar-refractivity contribution is 7.89. The molecule has 0 bridgehead atoms. The number of fused-ring (bicyclic) bond motifs is 1. The number of anilines is 1. The van der Waals surface area contributed by atoms with Crippen molar-refractivity contribution in [3.63, 3.8) is 0 Å². The minimum Gasteiger partial charge on any atom is -0.379 e. The Morgan fingerprint density at radius 1 is 1.12 bits per heavy atom. The first-order chi connectivity index (χ1) is 12.1. The van der Waals surface area contributed by atoms with E-state index in [1.54, 1.807) is 24.3 Å². The Morgan fingerprint density at radius 3 is 2.60 bits per heavy atom. The predicted molar refractivity (Wildman–Crippen MR) is 96.5 cm³/mol. The van der Waals surface area contributed by atoms with Crippen molar-refractivity contribution in [2.24, 2.45) is 0 Å². The van der Waals surface area contributed by atoms with Crippen LogP contribution < -0.4 is 10.0 Å². The Morgan fingerprint density at radius 2 is 1.84 bits per heavy atom. The van der Waals surface area contributed by atoms with Gasteiger partial charge in [0.25, 0.3) is 0 Å². The number of pyridine rings is 1. The third-order valence-corrected chi connectivity index (χ3v) is 5.40. The second kappa shape index (κ2) is 6.89. The summed E-state index contributed by atoms with van der Waals surface area (Å²) < 4.78 is 26.7. The number of benzene rings is 2. The molecule has 0 fully saturated rings. The fourth-order valence-electron chi connectivity index (χ4n) is 2.62. The molecule has 3 aromatic rings. The normalized spacial score (nSPS) is 11.2. The number of sulfonamides is 1. The predicted octanol–water partition coefficient (Wildman–Crippen LogP) is 2.63. The summed E-state index contributed by atoms with van der Waals surface area (Å²) in [5.74, 6) is 0. The van der Waals surface area contributed by atoms with Gasteiger partial charge in [0, 0.05) is 18.1 Å². The number of nitriles is 1. The number of rotatable bonds is 5. The van der Waals surface area contributed by atoms with Crippen LogP contribution in [0.15, 0.2) is 59.6 Å². The maximum atomic E-state index is 12.2. The zero-order valence-corrected chi connectivity index (χ0v) is 14.3. The Kier molecular flexibility index (Phi) is 4.65. The van der Waals surface area contributed by atoms with Crippen LogP contribution >= 0.6 is 0 Å². The van der Waals surface area contributed by atoms with Crippen LogP contribution in [0.3, 0.4) is 0 Å². The van der Waals surface area contributed by atoms with Crippen molar-refractivity contribution in [1.82, 2.24) is 9.71 Å². The van der Waals surface area contributed by atoms with E-state index < -0.39 is 10.0 Å². The van der Waals surface area contributed by atoms with Crippen molar-refractivity contribution in [1.29, 1.82) is 5.26 Å². The summed E-state index contributed by atoms with van der Waals surface area (Å²) in [7, 11) is -2.18. The Bertz CT molecular complexity index is 1070. The van der Waals surface area contributed by atoms with Crippen LogP contribution in [0.4, 0.5) is 5.69 Å². The van der Waals surface area contributed by atoms with Gasteiger partial charge in [-0.15, -0.1) is 0 Å². The lowest BCUT2D eigenvalue weighted by molar-refractivity contribution is 0.587. The van der Waals surface area contributed by atoms with E-state index in [-0.39, 0.29) is 11.4 Å². The zero-order valence-electron chi connectivity index (χ0n) is 13.5. The van der Waals surface area contributed by atoms with Crippen molar-refractivity contribution in [3.05, 3.63) is 65.9 Å². The molecule has 126 valence electrons. The first-order valence-corrected chi connectivity index (χ1v) is 9.08. The van der Waals surface area contributed by atoms with E-state index in [1.807, 2.05) is 24.3 Å². The third-order valence-electron chi connectivity index (χ3n) is 3.88. The topological polar surface area (TPSA) is 94.9 Å². The Hall–Kier alpha value is -2.95. The first-order valence-electron chi connectivity index (χ1n) is 7.60. The van der Waals surface area contributed by atoms with Crippen molar-refractivity contribution < 1.29 is 8.42 Å². The van der Waals surface area contributed by atoms with Crippen LogP contribution in [0.1, 0.15) is 11.1 Å². The Labute approximate surface area is 146 Å². The van der Waals surface area contributed by atoms with Gasteiger partial charge in [-0.05, 0) is 24.7 Å². The molecule has 7 heteroatoms. The quantitative estimate of drug-likeness (QED) is 0.736. The molecular formula is C18H16N4O2S. The molecule has 0 unspecified atom stereocenters. The Balaban J connectivity index is 2.02. The third kappa shape index (κ3) is 3.31. The highest BCUT2D eigenvalue weighted by Gasteiger charge is 2.16. The van der Waals surface area contributed by atoms with Crippen molar-refractivity contribution in [2.75, 3.05) is 12.4 Å². The van der Waals surface area contributed by atoms with Gasteiger partial charge in [0.1, 0.15) is 6.07 Å². The second-order valence-electron chi connectivity index (χ2n) is 5.34. The molecule has 1 heterocycles. The molecule has 2 aromatic carbocycles. The fraction of sp³-hybridized carbons (Fsp3) is 0.111. The van der Waals surface area contributed by atoms with Gasteiger partial charge in [-0.3, -0.25) is 4.98 Å². The second-order valence-corrected chi connectivity index (χ2v) is 7.20. The summed E-state index contributed by atoms with van der Waals surface area (Å²) in [5, 5.41) is 13.4. The molecule has 2 N–H and O–H groups in total. The molecule has 0 amide bonds. The number of hydrogen-bond acceptors (Lipinski definition) is 5. The zero-order chi connectivity index (χ0) is 17.9. The van der Waals surface area contributed by atoms with E-state index in [4.69, 9.17) is 0 Å². The summed E-state index contributed by atoms with van der Waals surface area (Å²) in [5.41, 5.74) is 2.43. The van der Waals surface area contributed by atoms with E-state index in [0.717, 1.165) is 10.9 Å². The summed E-state index contributed by atoms with van der Waals surface area (Å²) >= 11 is 0. The van der Waals surface area contributed by atoms with E-state index in [9.17, 15) is 13.7 Å². The van der Waals surface area contributed by atoms with E-state index >= 15 is 0 Å². The molecule has 25 heavy (non-hydrogen) atoms. The molecule has 1 aromatic heterocycles. The summed E-state index contributed by atoms with van der Waals surface area (Å²) in [6.07, 6.45) is 1.51. The fourth-order valence-corrected chi connectivity index (χ4v) is 3.59. The molecule has 0 saturated heterocycles. The van der Waals surface area contributed by atoms with Crippen molar-refractivity contribution in [3.8, 4) is 6.07 Å². The van der Waals surface area contributed by atoms with Crippen LogP contribution in [-0.2, 0) is 16.6 Å². The highest BCUT2D eigenvalue weighted by Crippen LogP contribution is 2.26. The number of nitrogens with zero attached hydrogens (tertiary/aromatic N) is 2. The molecular weight excluding hydrogens is 336 g/mol. The molecule has 0 aliphatic heterocycles. The lowest BCUT2D eigenvalue weighted by Crippen LogP contribution is -2.20. The maximum Gasteiger partial charge on any atom is 0.240 e. The monoisotopic (exact) mass is 352 g/mol.